The molecule has 0 radical (unpaired) electrons. The SMILES string of the molecule is NCCC12CCCCC1(O)CCc1ccc(O)cc12. The van der Waals surface area contributed by atoms with E-state index in [9.17, 15) is 10.2 Å². The summed E-state index contributed by atoms with van der Waals surface area (Å²) in [4.78, 5) is 0. The van der Waals surface area contributed by atoms with Gasteiger partial charge in [-0.15, -0.1) is 0 Å². The lowest BCUT2D eigenvalue weighted by atomic mass is 9.53. The Kier molecular flexibility index (Phi) is 3.06. The summed E-state index contributed by atoms with van der Waals surface area (Å²) < 4.78 is 0. The predicted molar refractivity (Wildman–Crippen MR) is 75.2 cm³/mol. The molecule has 1 saturated carbocycles. The minimum atomic E-state index is -0.634. The third kappa shape index (κ3) is 1.79. The molecule has 2 unspecified atom stereocenters. The number of hydrogen-bond donors (Lipinski definition) is 3. The summed E-state index contributed by atoms with van der Waals surface area (Å²) in [5.41, 5.74) is 7.38. The van der Waals surface area contributed by atoms with Crippen LogP contribution in [0.1, 0.15) is 49.7 Å². The molecule has 1 aromatic carbocycles. The Bertz CT molecular complexity index is 484. The van der Waals surface area contributed by atoms with Crippen LogP contribution in [0, 0.1) is 0 Å². The molecule has 0 bridgehead atoms. The Labute approximate surface area is 114 Å². The van der Waals surface area contributed by atoms with E-state index in [0.29, 0.717) is 12.3 Å². The van der Waals surface area contributed by atoms with Crippen LogP contribution in [-0.4, -0.2) is 22.4 Å². The molecule has 0 aliphatic heterocycles. The quantitative estimate of drug-likeness (QED) is 0.765. The highest BCUT2D eigenvalue weighted by Gasteiger charge is 2.54. The first-order valence-electron chi connectivity index (χ1n) is 7.36. The average molecular weight is 261 g/mol. The molecule has 4 N–H and O–H groups in total. The molecule has 2 atom stereocenters. The fourth-order valence-electron chi connectivity index (χ4n) is 4.37. The summed E-state index contributed by atoms with van der Waals surface area (Å²) in [6.45, 7) is 0.581. The van der Waals surface area contributed by atoms with E-state index >= 15 is 0 Å². The van der Waals surface area contributed by atoms with E-state index in [2.05, 4.69) is 0 Å². The third-order valence-corrected chi connectivity index (χ3v) is 5.32. The molecule has 0 heterocycles. The highest BCUT2D eigenvalue weighted by molar-refractivity contribution is 5.45. The Morgan fingerprint density at radius 1 is 1.16 bits per heavy atom. The molecule has 104 valence electrons. The molecule has 19 heavy (non-hydrogen) atoms. The molecule has 0 spiro atoms. The Balaban J connectivity index is 2.17. The van der Waals surface area contributed by atoms with Crippen molar-refractivity contribution in [3.05, 3.63) is 29.3 Å². The molecule has 3 nitrogen and oxygen atoms in total. The lowest BCUT2D eigenvalue weighted by Gasteiger charge is -2.54. The summed E-state index contributed by atoms with van der Waals surface area (Å²) in [5, 5.41) is 21.0. The van der Waals surface area contributed by atoms with Crippen LogP contribution in [0.25, 0.3) is 0 Å². The average Bonchev–Trinajstić information content (AvgIpc) is 2.40. The number of phenolic OH excluding ortho intramolecular Hbond substituents is 1. The van der Waals surface area contributed by atoms with Crippen LogP contribution in [0.15, 0.2) is 18.2 Å². The molecule has 3 rings (SSSR count). The molecule has 3 heteroatoms. The van der Waals surface area contributed by atoms with Gasteiger partial charge in [-0.1, -0.05) is 18.9 Å². The van der Waals surface area contributed by atoms with E-state index in [1.807, 2.05) is 12.1 Å². The zero-order chi connectivity index (χ0) is 13.5. The van der Waals surface area contributed by atoms with Gasteiger partial charge in [0.05, 0.1) is 5.60 Å². The molecule has 2 aliphatic carbocycles. The van der Waals surface area contributed by atoms with Crippen molar-refractivity contribution in [2.24, 2.45) is 5.73 Å². The maximum atomic E-state index is 11.2. The summed E-state index contributed by atoms with van der Waals surface area (Å²) in [7, 11) is 0. The number of hydrogen-bond acceptors (Lipinski definition) is 3. The number of benzene rings is 1. The van der Waals surface area contributed by atoms with E-state index in [4.69, 9.17) is 5.73 Å². The molecule has 2 aliphatic rings. The van der Waals surface area contributed by atoms with Gasteiger partial charge in [0.2, 0.25) is 0 Å². The second kappa shape index (κ2) is 4.50. The minimum Gasteiger partial charge on any atom is -0.508 e. The maximum Gasteiger partial charge on any atom is 0.115 e. The van der Waals surface area contributed by atoms with Crippen molar-refractivity contribution in [3.63, 3.8) is 0 Å². The Morgan fingerprint density at radius 2 is 1.95 bits per heavy atom. The summed E-state index contributed by atoms with van der Waals surface area (Å²) in [6, 6.07) is 5.62. The Morgan fingerprint density at radius 3 is 2.74 bits per heavy atom. The van der Waals surface area contributed by atoms with Crippen molar-refractivity contribution >= 4 is 0 Å². The first kappa shape index (κ1) is 12.9. The molecular weight excluding hydrogens is 238 g/mol. The van der Waals surface area contributed by atoms with Crippen LogP contribution in [0.2, 0.25) is 0 Å². The van der Waals surface area contributed by atoms with E-state index in [0.717, 1.165) is 50.5 Å². The highest BCUT2D eigenvalue weighted by atomic mass is 16.3. The van der Waals surface area contributed by atoms with Crippen molar-refractivity contribution in [1.29, 1.82) is 0 Å². The monoisotopic (exact) mass is 261 g/mol. The smallest absolute Gasteiger partial charge is 0.115 e. The zero-order valence-corrected chi connectivity index (χ0v) is 11.4. The molecule has 0 saturated heterocycles. The van der Waals surface area contributed by atoms with Crippen molar-refractivity contribution in [2.75, 3.05) is 6.54 Å². The second-order valence-corrected chi connectivity index (χ2v) is 6.20. The lowest BCUT2D eigenvalue weighted by Crippen LogP contribution is -2.57. The van der Waals surface area contributed by atoms with Crippen LogP contribution in [0.4, 0.5) is 0 Å². The highest BCUT2D eigenvalue weighted by Crippen LogP contribution is 2.54. The second-order valence-electron chi connectivity index (χ2n) is 6.20. The van der Waals surface area contributed by atoms with Gasteiger partial charge < -0.3 is 15.9 Å². The number of aromatic hydroxyl groups is 1. The maximum absolute atomic E-state index is 11.2. The van der Waals surface area contributed by atoms with Crippen molar-refractivity contribution < 1.29 is 10.2 Å². The van der Waals surface area contributed by atoms with Gasteiger partial charge >= 0.3 is 0 Å². The van der Waals surface area contributed by atoms with Crippen LogP contribution < -0.4 is 5.73 Å². The lowest BCUT2D eigenvalue weighted by molar-refractivity contribution is -0.0862. The molecule has 0 amide bonds. The number of nitrogens with two attached hydrogens (primary N) is 1. The minimum absolute atomic E-state index is 0.244. The van der Waals surface area contributed by atoms with Crippen LogP contribution in [0.3, 0.4) is 0 Å². The molecule has 1 aromatic rings. The van der Waals surface area contributed by atoms with Gasteiger partial charge in [-0.3, -0.25) is 0 Å². The van der Waals surface area contributed by atoms with Gasteiger partial charge in [0, 0.05) is 5.41 Å². The van der Waals surface area contributed by atoms with Crippen LogP contribution in [0.5, 0.6) is 5.75 Å². The predicted octanol–water partition coefficient (Wildman–Crippen LogP) is 2.23. The summed E-state index contributed by atoms with van der Waals surface area (Å²) >= 11 is 0. The molecule has 1 fully saturated rings. The first-order chi connectivity index (χ1) is 9.11. The van der Waals surface area contributed by atoms with Gasteiger partial charge in [-0.25, -0.2) is 0 Å². The number of aryl methyl sites for hydroxylation is 1. The van der Waals surface area contributed by atoms with Crippen LogP contribution in [-0.2, 0) is 11.8 Å². The number of phenols is 1. The standard InChI is InChI=1S/C16H23NO2/c17-10-9-15-6-1-2-7-16(15,19)8-5-12-3-4-13(18)11-14(12)15/h3-4,11,18-19H,1-2,5-10,17H2. The van der Waals surface area contributed by atoms with Crippen molar-refractivity contribution in [2.45, 2.75) is 56.0 Å². The van der Waals surface area contributed by atoms with Crippen molar-refractivity contribution in [1.82, 2.24) is 0 Å². The van der Waals surface area contributed by atoms with E-state index in [1.165, 1.54) is 5.56 Å². The fraction of sp³-hybridized carbons (Fsp3) is 0.625. The topological polar surface area (TPSA) is 66.5 Å². The van der Waals surface area contributed by atoms with Gasteiger partial charge in [0.15, 0.2) is 0 Å². The molecular formula is C16H23NO2. The van der Waals surface area contributed by atoms with Gasteiger partial charge in [0.25, 0.3) is 0 Å². The zero-order valence-electron chi connectivity index (χ0n) is 11.4. The number of fused-ring (bicyclic) bond motifs is 3. The van der Waals surface area contributed by atoms with Crippen molar-refractivity contribution in [3.8, 4) is 5.75 Å². The van der Waals surface area contributed by atoms with Gasteiger partial charge in [-0.2, -0.15) is 0 Å². The number of aliphatic hydroxyl groups is 1. The number of rotatable bonds is 2. The van der Waals surface area contributed by atoms with E-state index in [-0.39, 0.29) is 5.41 Å². The third-order valence-electron chi connectivity index (χ3n) is 5.32. The summed E-state index contributed by atoms with van der Waals surface area (Å²) in [5.74, 6) is 0.296. The largest absolute Gasteiger partial charge is 0.508 e. The van der Waals surface area contributed by atoms with Crippen LogP contribution >= 0.6 is 0 Å². The van der Waals surface area contributed by atoms with E-state index in [1.54, 1.807) is 6.07 Å². The summed E-state index contributed by atoms with van der Waals surface area (Å²) in [6.07, 6.45) is 6.61. The molecule has 0 aromatic heterocycles. The van der Waals surface area contributed by atoms with E-state index < -0.39 is 5.60 Å². The Hall–Kier alpha value is -1.06. The van der Waals surface area contributed by atoms with Gasteiger partial charge in [-0.05, 0) is 61.9 Å². The van der Waals surface area contributed by atoms with Gasteiger partial charge in [0.1, 0.15) is 5.75 Å². The normalized spacial score (nSPS) is 33.6. The first-order valence-corrected chi connectivity index (χ1v) is 7.36. The fourth-order valence-corrected chi connectivity index (χ4v) is 4.37.